The molecule has 0 radical (unpaired) electrons. The second-order valence-corrected chi connectivity index (χ2v) is 4.77. The predicted octanol–water partition coefficient (Wildman–Crippen LogP) is 2.21. The summed E-state index contributed by atoms with van der Waals surface area (Å²) in [6.45, 7) is 2.77. The number of benzene rings is 1. The highest BCUT2D eigenvalue weighted by Gasteiger charge is 2.09. The van der Waals surface area contributed by atoms with E-state index < -0.39 is 0 Å². The maximum Gasteiger partial charge on any atom is 0.224 e. The molecule has 1 atom stereocenters. The van der Waals surface area contributed by atoms with Gasteiger partial charge in [0.05, 0.1) is 13.7 Å². The van der Waals surface area contributed by atoms with Crippen molar-refractivity contribution in [2.75, 3.05) is 32.8 Å². The number of carbonyl (C=O) groups excluding carboxylic acids is 1. The number of anilines is 1. The molecule has 1 amide bonds. The largest absolute Gasteiger partial charge is 0.493 e. The average molecular weight is 333 g/mol. The van der Waals surface area contributed by atoms with E-state index in [0.717, 1.165) is 0 Å². The van der Waals surface area contributed by atoms with E-state index in [4.69, 9.17) is 19.9 Å². The first-order valence-corrected chi connectivity index (χ1v) is 6.92. The highest BCUT2D eigenvalue weighted by atomic mass is 35.5. The van der Waals surface area contributed by atoms with Gasteiger partial charge in [-0.25, -0.2) is 0 Å². The van der Waals surface area contributed by atoms with Gasteiger partial charge in [-0.1, -0.05) is 0 Å². The monoisotopic (exact) mass is 332 g/mol. The first-order chi connectivity index (χ1) is 10.1. The van der Waals surface area contributed by atoms with Gasteiger partial charge in [0.2, 0.25) is 5.91 Å². The fourth-order valence-electron chi connectivity index (χ4n) is 1.68. The molecule has 3 N–H and O–H groups in total. The molecule has 1 unspecified atom stereocenters. The molecule has 0 saturated carbocycles. The fraction of sp³-hybridized carbons (Fsp3) is 0.533. The number of halogens is 1. The van der Waals surface area contributed by atoms with Crippen LogP contribution in [-0.4, -0.2) is 39.4 Å². The molecule has 0 heterocycles. The minimum atomic E-state index is -0.0692. The number of nitrogens with two attached hydrogens (primary N) is 1. The van der Waals surface area contributed by atoms with Gasteiger partial charge in [-0.2, -0.15) is 0 Å². The third kappa shape index (κ3) is 7.49. The van der Waals surface area contributed by atoms with Crippen LogP contribution in [-0.2, 0) is 9.53 Å². The number of amides is 1. The van der Waals surface area contributed by atoms with Crippen molar-refractivity contribution in [3.63, 3.8) is 0 Å². The zero-order chi connectivity index (χ0) is 15.7. The zero-order valence-electron chi connectivity index (χ0n) is 13.3. The van der Waals surface area contributed by atoms with Crippen LogP contribution in [0, 0.1) is 0 Å². The van der Waals surface area contributed by atoms with Gasteiger partial charge in [-0.3, -0.25) is 4.79 Å². The molecule has 0 fully saturated rings. The van der Waals surface area contributed by atoms with Gasteiger partial charge < -0.3 is 25.3 Å². The van der Waals surface area contributed by atoms with Crippen LogP contribution in [0.1, 0.15) is 19.8 Å². The number of nitrogens with one attached hydrogen (secondary N) is 1. The summed E-state index contributed by atoms with van der Waals surface area (Å²) < 4.78 is 15.7. The lowest BCUT2D eigenvalue weighted by Gasteiger charge is -2.13. The van der Waals surface area contributed by atoms with E-state index in [-0.39, 0.29) is 24.4 Å². The van der Waals surface area contributed by atoms with Crippen molar-refractivity contribution < 1.29 is 19.0 Å². The van der Waals surface area contributed by atoms with Crippen LogP contribution in [0.4, 0.5) is 5.69 Å². The molecule has 6 nitrogen and oxygen atoms in total. The minimum Gasteiger partial charge on any atom is -0.493 e. The highest BCUT2D eigenvalue weighted by molar-refractivity contribution is 5.91. The second kappa shape index (κ2) is 11.1. The maximum absolute atomic E-state index is 11.8. The standard InChI is InChI=1S/C15H24N2O4.ClH/c1-11(16)4-7-15(18)17-12-5-6-13(20-3)14(10-12)21-9-8-19-2;/h5-6,10-11H,4,7-9,16H2,1-3H3,(H,17,18);1H. The molecule has 1 aromatic carbocycles. The molecule has 0 aliphatic carbocycles. The first kappa shape index (κ1) is 20.5. The summed E-state index contributed by atoms with van der Waals surface area (Å²) in [6.07, 6.45) is 1.04. The molecular formula is C15H25ClN2O4. The van der Waals surface area contributed by atoms with Crippen LogP contribution >= 0.6 is 12.4 Å². The van der Waals surface area contributed by atoms with E-state index >= 15 is 0 Å². The topological polar surface area (TPSA) is 82.8 Å². The number of hydrogen-bond acceptors (Lipinski definition) is 5. The van der Waals surface area contributed by atoms with Crippen LogP contribution < -0.4 is 20.5 Å². The molecule has 0 aliphatic rings. The Hall–Kier alpha value is -1.50. The van der Waals surface area contributed by atoms with Gasteiger partial charge in [0, 0.05) is 31.3 Å². The molecule has 0 aromatic heterocycles. The second-order valence-electron chi connectivity index (χ2n) is 4.77. The van der Waals surface area contributed by atoms with E-state index in [1.165, 1.54) is 0 Å². The quantitative estimate of drug-likeness (QED) is 0.677. The Kier molecular flexibility index (Phi) is 10.4. The van der Waals surface area contributed by atoms with Gasteiger partial charge in [-0.15, -0.1) is 12.4 Å². The van der Waals surface area contributed by atoms with Crippen LogP contribution in [0.15, 0.2) is 18.2 Å². The first-order valence-electron chi connectivity index (χ1n) is 6.92. The molecule has 22 heavy (non-hydrogen) atoms. The molecule has 126 valence electrons. The lowest BCUT2D eigenvalue weighted by Crippen LogP contribution is -2.19. The lowest BCUT2D eigenvalue weighted by molar-refractivity contribution is -0.116. The molecule has 0 spiro atoms. The van der Waals surface area contributed by atoms with Crippen LogP contribution in [0.2, 0.25) is 0 Å². The number of hydrogen-bond donors (Lipinski definition) is 2. The van der Waals surface area contributed by atoms with E-state index in [1.807, 2.05) is 6.92 Å². The normalized spacial score (nSPS) is 11.3. The van der Waals surface area contributed by atoms with Crippen molar-refractivity contribution >= 4 is 24.0 Å². The summed E-state index contributed by atoms with van der Waals surface area (Å²) in [6, 6.07) is 5.27. The Labute approximate surface area is 137 Å². The summed E-state index contributed by atoms with van der Waals surface area (Å²) >= 11 is 0. The molecular weight excluding hydrogens is 308 g/mol. The number of carbonyl (C=O) groups is 1. The molecule has 0 bridgehead atoms. The van der Waals surface area contributed by atoms with Crippen LogP contribution in [0.3, 0.4) is 0 Å². The van der Waals surface area contributed by atoms with E-state index in [9.17, 15) is 4.79 Å². The van der Waals surface area contributed by atoms with Gasteiger partial charge in [-0.05, 0) is 25.5 Å². The summed E-state index contributed by atoms with van der Waals surface area (Å²) in [5.41, 5.74) is 6.30. The van der Waals surface area contributed by atoms with Crippen molar-refractivity contribution in [3.05, 3.63) is 18.2 Å². The van der Waals surface area contributed by atoms with Gasteiger partial charge in [0.15, 0.2) is 11.5 Å². The van der Waals surface area contributed by atoms with E-state index in [2.05, 4.69) is 5.32 Å². The van der Waals surface area contributed by atoms with Crippen molar-refractivity contribution in [1.82, 2.24) is 0 Å². The number of rotatable bonds is 9. The molecule has 0 saturated heterocycles. The molecule has 0 aliphatic heterocycles. The van der Waals surface area contributed by atoms with Crippen LogP contribution in [0.5, 0.6) is 11.5 Å². The lowest BCUT2D eigenvalue weighted by atomic mass is 10.2. The highest BCUT2D eigenvalue weighted by Crippen LogP contribution is 2.30. The summed E-state index contributed by atoms with van der Waals surface area (Å²) in [5, 5.41) is 2.82. The van der Waals surface area contributed by atoms with Gasteiger partial charge >= 0.3 is 0 Å². The number of methoxy groups -OCH3 is 2. The Morgan fingerprint density at radius 1 is 1.27 bits per heavy atom. The minimum absolute atomic E-state index is 0. The summed E-state index contributed by atoms with van der Waals surface area (Å²) in [5.74, 6) is 1.11. The third-order valence-corrected chi connectivity index (χ3v) is 2.82. The maximum atomic E-state index is 11.8. The summed E-state index contributed by atoms with van der Waals surface area (Å²) in [7, 11) is 3.18. The Morgan fingerprint density at radius 3 is 2.59 bits per heavy atom. The predicted molar refractivity (Wildman–Crippen MR) is 89.1 cm³/mol. The van der Waals surface area contributed by atoms with Crippen LogP contribution in [0.25, 0.3) is 0 Å². The Balaban J connectivity index is 0.00000441. The average Bonchev–Trinajstić information content (AvgIpc) is 2.46. The molecule has 7 heteroatoms. The van der Waals surface area contributed by atoms with Crippen molar-refractivity contribution in [2.24, 2.45) is 5.73 Å². The molecule has 1 rings (SSSR count). The summed E-state index contributed by atoms with van der Waals surface area (Å²) in [4.78, 5) is 11.8. The van der Waals surface area contributed by atoms with Gasteiger partial charge in [0.25, 0.3) is 0 Å². The molecule has 1 aromatic rings. The van der Waals surface area contributed by atoms with Crippen molar-refractivity contribution in [1.29, 1.82) is 0 Å². The zero-order valence-corrected chi connectivity index (χ0v) is 14.1. The number of ether oxygens (including phenoxy) is 3. The van der Waals surface area contributed by atoms with Crippen molar-refractivity contribution in [3.8, 4) is 11.5 Å². The van der Waals surface area contributed by atoms with Crippen molar-refractivity contribution in [2.45, 2.75) is 25.8 Å². The van der Waals surface area contributed by atoms with E-state index in [0.29, 0.717) is 43.2 Å². The fourth-order valence-corrected chi connectivity index (χ4v) is 1.68. The van der Waals surface area contributed by atoms with E-state index in [1.54, 1.807) is 32.4 Å². The SMILES string of the molecule is COCCOc1cc(NC(=O)CCC(C)N)ccc1OC.Cl. The third-order valence-electron chi connectivity index (χ3n) is 2.82. The Morgan fingerprint density at radius 2 is 2.00 bits per heavy atom. The smallest absolute Gasteiger partial charge is 0.224 e. The Bertz CT molecular complexity index is 455. The van der Waals surface area contributed by atoms with Gasteiger partial charge in [0.1, 0.15) is 6.61 Å².